The summed E-state index contributed by atoms with van der Waals surface area (Å²) in [5, 5.41) is 10.3. The van der Waals surface area contributed by atoms with Gasteiger partial charge in [-0.3, -0.25) is 9.89 Å². The summed E-state index contributed by atoms with van der Waals surface area (Å²) in [7, 11) is 1.39. The van der Waals surface area contributed by atoms with Crippen molar-refractivity contribution in [3.8, 4) is 0 Å². The fraction of sp³-hybridized carbons (Fsp3) is 0.300. The van der Waals surface area contributed by atoms with Crippen LogP contribution in [0.25, 0.3) is 0 Å². The number of hydrogen-bond acceptors (Lipinski definition) is 4. The second-order valence-corrected chi connectivity index (χ2v) is 6.14. The van der Waals surface area contributed by atoms with Crippen LogP contribution >= 0.6 is 0 Å². The molecule has 1 heterocycles. The van der Waals surface area contributed by atoms with E-state index in [1.807, 2.05) is 55.5 Å². The van der Waals surface area contributed by atoms with Gasteiger partial charge < -0.3 is 9.84 Å². The maximum atomic E-state index is 12.1. The Morgan fingerprint density at radius 1 is 1.28 bits per heavy atom. The summed E-state index contributed by atoms with van der Waals surface area (Å²) >= 11 is 0. The number of fused-ring (bicyclic) bond motifs is 1. The highest BCUT2D eigenvalue weighted by Crippen LogP contribution is 2.37. The molecule has 0 radical (unpaired) electrons. The quantitative estimate of drug-likeness (QED) is 0.860. The second kappa shape index (κ2) is 7.49. The standard InChI is InChI=1S/C20H22N2O3/c1-14-11-12-16-17(9-6-10-18(16)22(14)20(24)25-2)21-13-19(23)15-7-4-3-5-8-15/h3-10,13-14,19,23H,11-12H2,1-2H3/b21-13+. The fourth-order valence-corrected chi connectivity index (χ4v) is 3.15. The molecule has 0 saturated carbocycles. The summed E-state index contributed by atoms with van der Waals surface area (Å²) in [4.78, 5) is 18.3. The van der Waals surface area contributed by atoms with Gasteiger partial charge in [-0.1, -0.05) is 36.4 Å². The SMILES string of the molecule is COC(=O)N1c2cccc(/N=C/C(O)c3ccccc3)c2CCC1C. The first-order valence-electron chi connectivity index (χ1n) is 8.38. The van der Waals surface area contributed by atoms with Crippen LogP contribution in [0.4, 0.5) is 16.2 Å². The molecule has 5 nitrogen and oxygen atoms in total. The average Bonchev–Trinajstić information content (AvgIpc) is 2.65. The van der Waals surface area contributed by atoms with E-state index in [0.717, 1.165) is 35.3 Å². The maximum absolute atomic E-state index is 12.1. The van der Waals surface area contributed by atoms with Gasteiger partial charge in [0.25, 0.3) is 0 Å². The first kappa shape index (κ1) is 17.2. The minimum Gasteiger partial charge on any atom is -0.452 e. The zero-order valence-corrected chi connectivity index (χ0v) is 14.4. The average molecular weight is 338 g/mol. The summed E-state index contributed by atoms with van der Waals surface area (Å²) in [6, 6.07) is 15.1. The number of rotatable bonds is 3. The number of aliphatic imine (C=N–C) groups is 1. The molecule has 1 aliphatic rings. The zero-order valence-electron chi connectivity index (χ0n) is 14.4. The third kappa shape index (κ3) is 3.56. The van der Waals surface area contributed by atoms with Crippen LogP contribution in [0.1, 0.15) is 30.6 Å². The molecule has 2 aromatic carbocycles. The van der Waals surface area contributed by atoms with Crippen LogP contribution < -0.4 is 4.90 Å². The molecule has 2 unspecified atom stereocenters. The molecule has 0 aliphatic carbocycles. The number of carbonyl (C=O) groups excluding carboxylic acids is 1. The van der Waals surface area contributed by atoms with Crippen LogP contribution in [0.3, 0.4) is 0 Å². The summed E-state index contributed by atoms with van der Waals surface area (Å²) in [6.45, 7) is 2.01. The predicted molar refractivity (Wildman–Crippen MR) is 98.7 cm³/mol. The Labute approximate surface area is 147 Å². The van der Waals surface area contributed by atoms with Gasteiger partial charge in [0.15, 0.2) is 0 Å². The number of ether oxygens (including phenoxy) is 1. The van der Waals surface area contributed by atoms with Crippen LogP contribution in [0.15, 0.2) is 53.5 Å². The predicted octanol–water partition coefficient (Wildman–Crippen LogP) is 4.03. The third-order valence-corrected chi connectivity index (χ3v) is 4.51. The van der Waals surface area contributed by atoms with Crippen LogP contribution in [0, 0.1) is 0 Å². The van der Waals surface area contributed by atoms with E-state index in [9.17, 15) is 9.90 Å². The molecule has 2 aromatic rings. The van der Waals surface area contributed by atoms with Gasteiger partial charge in [0.05, 0.1) is 18.5 Å². The molecule has 0 fully saturated rings. The molecule has 1 aliphatic heterocycles. The van der Waals surface area contributed by atoms with Crippen molar-refractivity contribution in [3.63, 3.8) is 0 Å². The molecule has 0 spiro atoms. The molecule has 1 N–H and O–H groups in total. The van der Waals surface area contributed by atoms with Gasteiger partial charge in [0.2, 0.25) is 0 Å². The van der Waals surface area contributed by atoms with E-state index < -0.39 is 6.10 Å². The lowest BCUT2D eigenvalue weighted by atomic mass is 9.95. The highest BCUT2D eigenvalue weighted by molar-refractivity contribution is 5.91. The van der Waals surface area contributed by atoms with Crippen LogP contribution in [-0.4, -0.2) is 30.6 Å². The van der Waals surface area contributed by atoms with E-state index in [0.29, 0.717) is 0 Å². The first-order valence-corrected chi connectivity index (χ1v) is 8.38. The van der Waals surface area contributed by atoms with Gasteiger partial charge in [-0.25, -0.2) is 4.79 Å². The summed E-state index contributed by atoms with van der Waals surface area (Å²) < 4.78 is 4.92. The van der Waals surface area contributed by atoms with Crippen molar-refractivity contribution in [1.82, 2.24) is 0 Å². The normalized spacial score (nSPS) is 18.0. The topological polar surface area (TPSA) is 62.1 Å². The van der Waals surface area contributed by atoms with E-state index >= 15 is 0 Å². The van der Waals surface area contributed by atoms with Crippen molar-refractivity contribution in [2.24, 2.45) is 4.99 Å². The molecular weight excluding hydrogens is 316 g/mol. The van der Waals surface area contributed by atoms with Crippen molar-refractivity contribution in [2.45, 2.75) is 31.9 Å². The van der Waals surface area contributed by atoms with Crippen LogP contribution in [0.5, 0.6) is 0 Å². The van der Waals surface area contributed by atoms with Crippen molar-refractivity contribution in [1.29, 1.82) is 0 Å². The first-order chi connectivity index (χ1) is 12.1. The van der Waals surface area contributed by atoms with Gasteiger partial charge in [-0.05, 0) is 37.5 Å². The summed E-state index contributed by atoms with van der Waals surface area (Å²) in [6.07, 6.45) is 2.08. The number of nitrogens with zero attached hydrogens (tertiary/aromatic N) is 2. The monoisotopic (exact) mass is 338 g/mol. The Balaban J connectivity index is 1.90. The lowest BCUT2D eigenvalue weighted by molar-refractivity contribution is 0.175. The number of carbonyl (C=O) groups is 1. The zero-order chi connectivity index (χ0) is 17.8. The van der Waals surface area contributed by atoms with Crippen molar-refractivity contribution in [3.05, 3.63) is 59.7 Å². The summed E-state index contributed by atoms with van der Waals surface area (Å²) in [5.74, 6) is 0. The Morgan fingerprint density at radius 2 is 2.04 bits per heavy atom. The van der Waals surface area contributed by atoms with Crippen molar-refractivity contribution >= 4 is 23.7 Å². The van der Waals surface area contributed by atoms with E-state index in [1.54, 1.807) is 4.90 Å². The highest BCUT2D eigenvalue weighted by Gasteiger charge is 2.30. The molecule has 0 aromatic heterocycles. The van der Waals surface area contributed by atoms with Gasteiger partial charge in [0, 0.05) is 17.8 Å². The molecule has 0 bridgehead atoms. The number of aliphatic hydroxyl groups is 1. The van der Waals surface area contributed by atoms with E-state index in [2.05, 4.69) is 4.99 Å². The molecule has 2 atom stereocenters. The molecule has 130 valence electrons. The van der Waals surface area contributed by atoms with Crippen molar-refractivity contribution < 1.29 is 14.6 Å². The largest absolute Gasteiger partial charge is 0.452 e. The smallest absolute Gasteiger partial charge is 0.414 e. The van der Waals surface area contributed by atoms with E-state index in [1.165, 1.54) is 13.3 Å². The number of anilines is 1. The van der Waals surface area contributed by atoms with Gasteiger partial charge in [0.1, 0.15) is 6.10 Å². The molecule has 1 amide bonds. The Kier molecular flexibility index (Phi) is 5.14. The minimum atomic E-state index is -0.767. The third-order valence-electron chi connectivity index (χ3n) is 4.51. The van der Waals surface area contributed by atoms with Gasteiger partial charge >= 0.3 is 6.09 Å². The maximum Gasteiger partial charge on any atom is 0.414 e. The fourth-order valence-electron chi connectivity index (χ4n) is 3.15. The number of benzene rings is 2. The van der Waals surface area contributed by atoms with Gasteiger partial charge in [-0.15, -0.1) is 0 Å². The van der Waals surface area contributed by atoms with E-state index in [4.69, 9.17) is 4.74 Å². The number of methoxy groups -OCH3 is 1. The molecular formula is C20H22N2O3. The highest BCUT2D eigenvalue weighted by atomic mass is 16.5. The Hall–Kier alpha value is -2.66. The number of amides is 1. The lowest BCUT2D eigenvalue weighted by Gasteiger charge is -2.34. The Bertz CT molecular complexity index is 774. The number of hydrogen-bond donors (Lipinski definition) is 1. The second-order valence-electron chi connectivity index (χ2n) is 6.14. The van der Waals surface area contributed by atoms with Crippen LogP contribution in [0.2, 0.25) is 0 Å². The summed E-state index contributed by atoms with van der Waals surface area (Å²) in [5.41, 5.74) is 3.39. The number of aliphatic hydroxyl groups excluding tert-OH is 1. The minimum absolute atomic E-state index is 0.0779. The molecule has 25 heavy (non-hydrogen) atoms. The van der Waals surface area contributed by atoms with Crippen molar-refractivity contribution in [2.75, 3.05) is 12.0 Å². The molecule has 3 rings (SSSR count). The van der Waals surface area contributed by atoms with Gasteiger partial charge in [-0.2, -0.15) is 0 Å². The van der Waals surface area contributed by atoms with E-state index in [-0.39, 0.29) is 12.1 Å². The lowest BCUT2D eigenvalue weighted by Crippen LogP contribution is -2.42. The Morgan fingerprint density at radius 3 is 2.76 bits per heavy atom. The molecule has 5 heteroatoms. The molecule has 0 saturated heterocycles. The van der Waals surface area contributed by atoms with Crippen LogP contribution in [-0.2, 0) is 11.2 Å².